The Labute approximate surface area is 472 Å². The average Bonchev–Trinajstić information content (AvgIpc) is 1.57. The van der Waals surface area contributed by atoms with Gasteiger partial charge in [-0.2, -0.15) is 0 Å². The zero-order valence-electron chi connectivity index (χ0n) is 48.1. The Morgan fingerprint density at radius 1 is 0.272 bits per heavy atom. The van der Waals surface area contributed by atoms with E-state index in [9.17, 15) is 2.74 Å². The number of rotatable bonds is 9. The first-order valence-electron chi connectivity index (χ1n) is 29.2. The second kappa shape index (κ2) is 18.8. The van der Waals surface area contributed by atoms with Crippen molar-refractivity contribution in [2.75, 3.05) is 0 Å². The van der Waals surface area contributed by atoms with E-state index in [-0.39, 0.29) is 17.8 Å². The second-order valence-electron chi connectivity index (χ2n) is 19.9. The number of nitrogens with zero attached hydrogens (tertiary/aromatic N) is 9. The summed E-state index contributed by atoms with van der Waals surface area (Å²) in [5.41, 5.74) is 11.7. The summed E-state index contributed by atoms with van der Waals surface area (Å²) in [6.45, 7) is 0. The van der Waals surface area contributed by atoms with Crippen molar-refractivity contribution < 1.29 is 6.85 Å². The van der Waals surface area contributed by atoms with E-state index in [1.165, 1.54) is 0 Å². The Balaban J connectivity index is 0.991. The van der Waals surface area contributed by atoms with E-state index >= 15 is 0 Å². The standard InChI is InChI=1S/C72H45N9/c1-6-22-46(23-7-1)67-74-70(49-38-41-62-57(44-49)54-33-17-19-35-59(54)79(62)51-28-12-4-13-29-51)76-71(75-67)50-39-42-63(58(45-50)72-77-68(47-24-8-2-9-25-47)73-69(78-72)48-26-10-3-11-27-48)81-60-36-20-16-32-53(60)55-40-43-64-65(66(55)81)56-34-18-21-37-61(56)80(64)52-30-14-5-15-31-52/h1-45H/i5D,14D,15D,30D,31D. The van der Waals surface area contributed by atoms with E-state index < -0.39 is 18.1 Å². The highest BCUT2D eigenvalue weighted by Crippen LogP contribution is 2.45. The van der Waals surface area contributed by atoms with E-state index in [0.29, 0.717) is 57.1 Å². The Bertz CT molecular complexity index is 5330. The van der Waals surface area contributed by atoms with Crippen molar-refractivity contribution in [2.24, 2.45) is 0 Å². The lowest BCUT2D eigenvalue weighted by molar-refractivity contribution is 1.06. The monoisotopic (exact) mass is 1040 g/mol. The molecule has 0 fully saturated rings. The van der Waals surface area contributed by atoms with E-state index in [0.717, 1.165) is 88.0 Å². The van der Waals surface area contributed by atoms with Crippen molar-refractivity contribution in [2.45, 2.75) is 0 Å². The normalized spacial score (nSPS) is 12.6. The van der Waals surface area contributed by atoms with Crippen LogP contribution in [-0.4, -0.2) is 43.6 Å². The fraction of sp³-hybridized carbons (Fsp3) is 0. The molecule has 16 aromatic rings. The minimum absolute atomic E-state index is 0.0618. The van der Waals surface area contributed by atoms with Crippen molar-refractivity contribution in [1.29, 1.82) is 0 Å². The van der Waals surface area contributed by atoms with Crippen LogP contribution in [0.2, 0.25) is 0 Å². The summed E-state index contributed by atoms with van der Waals surface area (Å²) in [5, 5.41) is 5.73. The molecule has 9 nitrogen and oxygen atoms in total. The number of para-hydroxylation sites is 5. The van der Waals surface area contributed by atoms with Crippen LogP contribution in [0.4, 0.5) is 0 Å². The zero-order valence-corrected chi connectivity index (χ0v) is 43.1. The fourth-order valence-electron chi connectivity index (χ4n) is 11.7. The molecule has 0 aliphatic rings. The first-order chi connectivity index (χ1) is 42.3. The summed E-state index contributed by atoms with van der Waals surface area (Å²) in [6, 6.07) is 79.5. The topological polar surface area (TPSA) is 92.1 Å². The Hall–Kier alpha value is -11.2. The minimum Gasteiger partial charge on any atom is -0.309 e. The van der Waals surface area contributed by atoms with Gasteiger partial charge in [0.15, 0.2) is 34.9 Å². The van der Waals surface area contributed by atoms with Gasteiger partial charge in [0.25, 0.3) is 0 Å². The molecule has 5 aromatic heterocycles. The Kier molecular flexibility index (Phi) is 9.51. The molecule has 0 atom stereocenters. The van der Waals surface area contributed by atoms with E-state index in [1.807, 2.05) is 150 Å². The van der Waals surface area contributed by atoms with Crippen LogP contribution in [0.15, 0.2) is 273 Å². The predicted molar refractivity (Wildman–Crippen MR) is 329 cm³/mol. The first-order valence-corrected chi connectivity index (χ1v) is 26.7. The third kappa shape index (κ3) is 7.62. The maximum absolute atomic E-state index is 9.25. The van der Waals surface area contributed by atoms with Gasteiger partial charge in [-0.05, 0) is 84.9 Å². The van der Waals surface area contributed by atoms with Crippen LogP contribution in [-0.2, 0) is 0 Å². The molecule has 0 amide bonds. The van der Waals surface area contributed by atoms with Crippen molar-refractivity contribution in [3.63, 3.8) is 0 Å². The van der Waals surface area contributed by atoms with Crippen molar-refractivity contribution in [3.8, 4) is 85.4 Å². The molecule has 11 aromatic carbocycles. The molecule has 0 radical (unpaired) electrons. The van der Waals surface area contributed by atoms with E-state index in [4.69, 9.17) is 34.0 Å². The molecule has 378 valence electrons. The Morgan fingerprint density at radius 2 is 0.691 bits per heavy atom. The molecule has 0 bridgehead atoms. The molecule has 81 heavy (non-hydrogen) atoms. The molecule has 5 heterocycles. The smallest absolute Gasteiger partial charge is 0.166 e. The number of benzene rings is 11. The van der Waals surface area contributed by atoms with Gasteiger partial charge in [-0.15, -0.1) is 0 Å². The summed E-state index contributed by atoms with van der Waals surface area (Å²) >= 11 is 0. The highest BCUT2D eigenvalue weighted by Gasteiger charge is 2.25. The summed E-state index contributed by atoms with van der Waals surface area (Å²) in [7, 11) is 0. The largest absolute Gasteiger partial charge is 0.309 e. The molecule has 0 spiro atoms. The summed E-state index contributed by atoms with van der Waals surface area (Å²) in [4.78, 5) is 31.8. The molecule has 16 rings (SSSR count). The molecular formula is C72H45N9. The molecule has 0 unspecified atom stereocenters. The molecule has 9 heteroatoms. The van der Waals surface area contributed by atoms with Gasteiger partial charge in [0.1, 0.15) is 0 Å². The number of hydrogen-bond donors (Lipinski definition) is 0. The quantitative estimate of drug-likeness (QED) is 0.143. The molecule has 0 aliphatic heterocycles. The van der Waals surface area contributed by atoms with Crippen LogP contribution < -0.4 is 0 Å². The lowest BCUT2D eigenvalue weighted by Gasteiger charge is -2.17. The van der Waals surface area contributed by atoms with Crippen molar-refractivity contribution >= 4 is 65.4 Å². The number of hydrogen-bond acceptors (Lipinski definition) is 6. The number of aromatic nitrogens is 9. The SMILES string of the molecule is [2H]c1c([2H])c([2H])c(-n2c3ccccc3c3c2ccc2c4ccccc4n(-c4ccc(-c5nc(-c6ccccc6)nc(-c6ccc7c(c6)c6ccccc6n7-c6ccccc6)n5)cc4-c4nc(-c5ccccc5)nc(-c5ccccc5)n4)c23)c([2H])c1[2H]. The zero-order chi connectivity index (χ0) is 57.7. The van der Waals surface area contributed by atoms with Gasteiger partial charge in [0.2, 0.25) is 0 Å². The van der Waals surface area contributed by atoms with E-state index in [1.54, 1.807) is 0 Å². The highest BCUT2D eigenvalue weighted by molar-refractivity contribution is 6.26. The molecular weight excluding hydrogens is 991 g/mol. The molecule has 0 saturated carbocycles. The van der Waals surface area contributed by atoms with Crippen molar-refractivity contribution in [1.82, 2.24) is 43.6 Å². The lowest BCUT2D eigenvalue weighted by atomic mass is 10.0. The van der Waals surface area contributed by atoms with Crippen LogP contribution in [0.25, 0.3) is 151 Å². The van der Waals surface area contributed by atoms with Crippen LogP contribution in [0.1, 0.15) is 6.85 Å². The van der Waals surface area contributed by atoms with Gasteiger partial charge in [0, 0.05) is 77.1 Å². The van der Waals surface area contributed by atoms with Crippen molar-refractivity contribution in [3.05, 3.63) is 273 Å². The fourth-order valence-corrected chi connectivity index (χ4v) is 11.7. The summed E-state index contributed by atoms with van der Waals surface area (Å²) in [6.07, 6.45) is 0. The van der Waals surface area contributed by atoms with Crippen LogP contribution in [0.5, 0.6) is 0 Å². The van der Waals surface area contributed by atoms with Gasteiger partial charge in [-0.1, -0.05) is 188 Å². The van der Waals surface area contributed by atoms with Gasteiger partial charge >= 0.3 is 0 Å². The third-order valence-electron chi connectivity index (χ3n) is 15.2. The van der Waals surface area contributed by atoms with E-state index in [2.05, 4.69) is 106 Å². The first kappa shape index (κ1) is 41.0. The van der Waals surface area contributed by atoms with Crippen LogP contribution in [0.3, 0.4) is 0 Å². The molecule has 0 saturated heterocycles. The van der Waals surface area contributed by atoms with Crippen LogP contribution >= 0.6 is 0 Å². The van der Waals surface area contributed by atoms with Gasteiger partial charge < -0.3 is 13.7 Å². The van der Waals surface area contributed by atoms with Gasteiger partial charge in [0.05, 0.1) is 45.6 Å². The number of fused-ring (bicyclic) bond motifs is 10. The molecule has 0 N–H and O–H groups in total. The third-order valence-corrected chi connectivity index (χ3v) is 15.2. The van der Waals surface area contributed by atoms with Gasteiger partial charge in [-0.25, -0.2) is 29.9 Å². The minimum atomic E-state index is -0.457. The highest BCUT2D eigenvalue weighted by atomic mass is 15.1. The van der Waals surface area contributed by atoms with Gasteiger partial charge in [-0.3, -0.25) is 0 Å². The maximum atomic E-state index is 9.25. The summed E-state index contributed by atoms with van der Waals surface area (Å²) in [5.74, 6) is 2.79. The lowest BCUT2D eigenvalue weighted by Crippen LogP contribution is -2.05. The average molecular weight is 1040 g/mol. The molecule has 0 aliphatic carbocycles. The second-order valence-corrected chi connectivity index (χ2v) is 19.9. The maximum Gasteiger partial charge on any atom is 0.166 e. The van der Waals surface area contributed by atoms with Crippen LogP contribution in [0, 0.1) is 0 Å². The summed E-state index contributed by atoms with van der Waals surface area (Å²) < 4.78 is 50.9. The predicted octanol–water partition coefficient (Wildman–Crippen LogP) is 17.3. The Morgan fingerprint density at radius 3 is 1.28 bits per heavy atom.